The van der Waals surface area contributed by atoms with Crippen molar-refractivity contribution in [1.29, 1.82) is 0 Å². The smallest absolute Gasteiger partial charge is 0.132 e. The fourth-order valence-corrected chi connectivity index (χ4v) is 3.29. The molecule has 0 aromatic carbocycles. The molecule has 2 rings (SSSR count). The Hall–Kier alpha value is -1.07. The first kappa shape index (κ1) is 13.4. The van der Waals surface area contributed by atoms with Gasteiger partial charge >= 0.3 is 0 Å². The van der Waals surface area contributed by atoms with Crippen LogP contribution in [-0.4, -0.2) is 16.5 Å². The van der Waals surface area contributed by atoms with E-state index in [9.17, 15) is 0 Å². The van der Waals surface area contributed by atoms with Crippen molar-refractivity contribution in [2.45, 2.75) is 35.9 Å². The summed E-state index contributed by atoms with van der Waals surface area (Å²) in [6.45, 7) is 5.11. The Labute approximate surface area is 116 Å². The van der Waals surface area contributed by atoms with Gasteiger partial charge in [-0.05, 0) is 24.8 Å². The molecule has 0 fully saturated rings. The molecule has 18 heavy (non-hydrogen) atoms. The van der Waals surface area contributed by atoms with E-state index in [1.807, 2.05) is 6.07 Å². The second-order valence-corrected chi connectivity index (χ2v) is 6.09. The summed E-state index contributed by atoms with van der Waals surface area (Å²) in [4.78, 5) is 9.11. The van der Waals surface area contributed by atoms with Gasteiger partial charge in [0.15, 0.2) is 0 Å². The van der Waals surface area contributed by atoms with Crippen LogP contribution < -0.4 is 5.32 Å². The van der Waals surface area contributed by atoms with Crippen molar-refractivity contribution in [3.05, 3.63) is 29.4 Å². The Balaban J connectivity index is 2.21. The summed E-state index contributed by atoms with van der Waals surface area (Å²) >= 11 is 3.44. The maximum absolute atomic E-state index is 4.60. The molecular formula is C13H17N3S2. The molecular weight excluding hydrogens is 262 g/mol. The number of thiophene rings is 1. The van der Waals surface area contributed by atoms with Crippen LogP contribution in [-0.2, 0) is 6.42 Å². The van der Waals surface area contributed by atoms with Gasteiger partial charge < -0.3 is 5.32 Å². The third-order valence-electron chi connectivity index (χ3n) is 2.28. The van der Waals surface area contributed by atoms with Gasteiger partial charge in [0.05, 0.1) is 4.21 Å². The molecule has 0 bridgehead atoms. The van der Waals surface area contributed by atoms with Crippen LogP contribution in [0, 0.1) is 0 Å². The number of hydrogen-bond acceptors (Lipinski definition) is 5. The Morgan fingerprint density at radius 3 is 2.89 bits per heavy atom. The lowest BCUT2D eigenvalue weighted by atomic mass is 10.3. The van der Waals surface area contributed by atoms with E-state index in [-0.39, 0.29) is 0 Å². The van der Waals surface area contributed by atoms with Crippen LogP contribution >= 0.6 is 23.1 Å². The fraction of sp³-hybridized carbons (Fsp3) is 0.385. The topological polar surface area (TPSA) is 37.8 Å². The summed E-state index contributed by atoms with van der Waals surface area (Å²) in [6.07, 6.45) is 2.00. The minimum Gasteiger partial charge on any atom is -0.370 e. The lowest BCUT2D eigenvalue weighted by Crippen LogP contribution is -2.04. The first-order chi connectivity index (χ1) is 8.81. The Bertz CT molecular complexity index is 459. The van der Waals surface area contributed by atoms with Crippen molar-refractivity contribution in [1.82, 2.24) is 9.97 Å². The van der Waals surface area contributed by atoms with Crippen LogP contribution in [0.25, 0.3) is 0 Å². The molecule has 0 unspecified atom stereocenters. The molecule has 2 heterocycles. The van der Waals surface area contributed by atoms with E-state index in [1.165, 1.54) is 4.21 Å². The molecule has 3 nitrogen and oxygen atoms in total. The summed E-state index contributed by atoms with van der Waals surface area (Å²) in [7, 11) is 0. The first-order valence-electron chi connectivity index (χ1n) is 6.15. The average molecular weight is 279 g/mol. The second-order valence-electron chi connectivity index (χ2n) is 3.82. The lowest BCUT2D eigenvalue weighted by molar-refractivity contribution is 0.810. The minimum absolute atomic E-state index is 0.881. The Kier molecular flexibility index (Phi) is 5.01. The van der Waals surface area contributed by atoms with Gasteiger partial charge in [0, 0.05) is 19.0 Å². The average Bonchev–Trinajstić information content (AvgIpc) is 2.82. The third kappa shape index (κ3) is 3.71. The standard InChI is InChI=1S/C13H17N3S2/c1-3-6-10-15-11(14-4-2)9-12(16-10)18-13-7-5-8-17-13/h5,7-9H,3-4,6H2,1-2H3,(H,14,15,16). The highest BCUT2D eigenvalue weighted by Gasteiger charge is 2.06. The van der Waals surface area contributed by atoms with E-state index in [0.29, 0.717) is 0 Å². The van der Waals surface area contributed by atoms with Crippen LogP contribution in [0.3, 0.4) is 0 Å². The SMILES string of the molecule is CCCc1nc(NCC)cc(Sc2cccs2)n1. The first-order valence-corrected chi connectivity index (χ1v) is 7.84. The summed E-state index contributed by atoms with van der Waals surface area (Å²) < 4.78 is 1.26. The van der Waals surface area contributed by atoms with Crippen molar-refractivity contribution in [2.24, 2.45) is 0 Å². The number of nitrogens with one attached hydrogen (secondary N) is 1. The predicted molar refractivity (Wildman–Crippen MR) is 78.6 cm³/mol. The zero-order chi connectivity index (χ0) is 12.8. The van der Waals surface area contributed by atoms with E-state index in [0.717, 1.165) is 36.1 Å². The molecule has 96 valence electrons. The molecule has 0 aliphatic rings. The van der Waals surface area contributed by atoms with Crippen LogP contribution in [0.4, 0.5) is 5.82 Å². The minimum atomic E-state index is 0.881. The molecule has 2 aromatic heterocycles. The highest BCUT2D eigenvalue weighted by atomic mass is 32.2. The number of aryl methyl sites for hydroxylation is 1. The van der Waals surface area contributed by atoms with Gasteiger partial charge in [0.2, 0.25) is 0 Å². The third-order valence-corrected chi connectivity index (χ3v) is 4.24. The number of hydrogen-bond donors (Lipinski definition) is 1. The fourth-order valence-electron chi connectivity index (χ4n) is 1.56. The highest BCUT2D eigenvalue weighted by Crippen LogP contribution is 2.30. The van der Waals surface area contributed by atoms with Gasteiger partial charge in [0.1, 0.15) is 16.7 Å². The number of anilines is 1. The van der Waals surface area contributed by atoms with Gasteiger partial charge in [-0.25, -0.2) is 9.97 Å². The highest BCUT2D eigenvalue weighted by molar-refractivity contribution is 8.01. The maximum atomic E-state index is 4.60. The van der Waals surface area contributed by atoms with Gasteiger partial charge in [-0.1, -0.05) is 24.8 Å². The van der Waals surface area contributed by atoms with Crippen LogP contribution in [0.5, 0.6) is 0 Å². The monoisotopic (exact) mass is 279 g/mol. The largest absolute Gasteiger partial charge is 0.370 e. The van der Waals surface area contributed by atoms with Crippen LogP contribution in [0.2, 0.25) is 0 Å². The van der Waals surface area contributed by atoms with Gasteiger partial charge in [0.25, 0.3) is 0 Å². The van der Waals surface area contributed by atoms with E-state index in [1.54, 1.807) is 23.1 Å². The molecule has 5 heteroatoms. The zero-order valence-corrected chi connectivity index (χ0v) is 12.3. The van der Waals surface area contributed by atoms with E-state index < -0.39 is 0 Å². The quantitative estimate of drug-likeness (QED) is 0.809. The maximum Gasteiger partial charge on any atom is 0.132 e. The summed E-state index contributed by atoms with van der Waals surface area (Å²) in [5, 5.41) is 6.37. The molecule has 0 amide bonds. The van der Waals surface area contributed by atoms with Crippen molar-refractivity contribution in [3.8, 4) is 0 Å². The molecule has 1 N–H and O–H groups in total. The molecule has 0 saturated heterocycles. The zero-order valence-electron chi connectivity index (χ0n) is 10.6. The van der Waals surface area contributed by atoms with Crippen molar-refractivity contribution in [2.75, 3.05) is 11.9 Å². The normalized spacial score (nSPS) is 10.6. The Morgan fingerprint density at radius 2 is 2.22 bits per heavy atom. The van der Waals surface area contributed by atoms with Crippen molar-refractivity contribution >= 4 is 28.9 Å². The molecule has 0 radical (unpaired) electrons. The summed E-state index contributed by atoms with van der Waals surface area (Å²) in [5.74, 6) is 1.85. The van der Waals surface area contributed by atoms with E-state index >= 15 is 0 Å². The van der Waals surface area contributed by atoms with Crippen molar-refractivity contribution < 1.29 is 0 Å². The molecule has 0 aliphatic carbocycles. The molecule has 2 aromatic rings. The van der Waals surface area contributed by atoms with Crippen LogP contribution in [0.15, 0.2) is 32.8 Å². The molecule has 0 atom stereocenters. The predicted octanol–water partition coefficient (Wildman–Crippen LogP) is 4.07. The van der Waals surface area contributed by atoms with E-state index in [2.05, 4.69) is 46.6 Å². The van der Waals surface area contributed by atoms with Gasteiger partial charge in [-0.3, -0.25) is 0 Å². The molecule has 0 spiro atoms. The summed E-state index contributed by atoms with van der Waals surface area (Å²) in [6, 6.07) is 6.20. The van der Waals surface area contributed by atoms with Gasteiger partial charge in [-0.15, -0.1) is 11.3 Å². The van der Waals surface area contributed by atoms with E-state index in [4.69, 9.17) is 0 Å². The number of rotatable bonds is 6. The summed E-state index contributed by atoms with van der Waals surface area (Å²) in [5.41, 5.74) is 0. The molecule has 0 saturated carbocycles. The van der Waals surface area contributed by atoms with Gasteiger partial charge in [-0.2, -0.15) is 0 Å². The Morgan fingerprint density at radius 1 is 1.33 bits per heavy atom. The number of nitrogens with zero attached hydrogens (tertiary/aromatic N) is 2. The van der Waals surface area contributed by atoms with Crippen molar-refractivity contribution in [3.63, 3.8) is 0 Å². The van der Waals surface area contributed by atoms with Crippen LogP contribution in [0.1, 0.15) is 26.1 Å². The number of aromatic nitrogens is 2. The lowest BCUT2D eigenvalue weighted by Gasteiger charge is -2.07. The molecule has 0 aliphatic heterocycles. The second kappa shape index (κ2) is 6.75.